The van der Waals surface area contributed by atoms with Crippen LogP contribution in [0.15, 0.2) is 12.4 Å². The Hall–Kier alpha value is -2.64. The van der Waals surface area contributed by atoms with Crippen molar-refractivity contribution in [2.24, 2.45) is 0 Å². The second kappa shape index (κ2) is 3.69. The number of hydrogen-bond donors (Lipinski definition) is 3. The first-order chi connectivity index (χ1) is 8.70. The summed E-state index contributed by atoms with van der Waals surface area (Å²) in [6.07, 6.45) is 3.40. The maximum Gasteiger partial charge on any atom is 0.224 e. The van der Waals surface area contributed by atoms with Crippen molar-refractivity contribution in [3.63, 3.8) is 0 Å². The molecule has 0 unspecified atom stereocenters. The maximum atomic E-state index is 5.81. The van der Waals surface area contributed by atoms with Crippen LogP contribution in [0.1, 0.15) is 6.92 Å². The van der Waals surface area contributed by atoms with Crippen molar-refractivity contribution in [2.75, 3.05) is 11.5 Å². The molecule has 0 spiro atoms. The Morgan fingerprint density at radius 2 is 2.11 bits per heavy atom. The number of hydrogen-bond acceptors (Lipinski definition) is 6. The highest BCUT2D eigenvalue weighted by atomic mass is 15.2. The summed E-state index contributed by atoms with van der Waals surface area (Å²) in [6.45, 7) is 2.67. The molecule has 0 saturated heterocycles. The number of aryl methyl sites for hydroxylation is 1. The van der Waals surface area contributed by atoms with Gasteiger partial charge >= 0.3 is 0 Å². The number of nitrogens with two attached hydrogens (primary N) is 2. The molecule has 0 aliphatic heterocycles. The molecule has 0 atom stereocenters. The molecule has 3 aromatic heterocycles. The van der Waals surface area contributed by atoms with E-state index in [1.165, 1.54) is 0 Å². The number of fused-ring (bicyclic) bond motifs is 1. The Kier molecular flexibility index (Phi) is 2.15. The highest BCUT2D eigenvalue weighted by Crippen LogP contribution is 2.24. The Bertz CT molecular complexity index is 696. The number of aromatic nitrogens is 6. The summed E-state index contributed by atoms with van der Waals surface area (Å²) >= 11 is 0. The summed E-state index contributed by atoms with van der Waals surface area (Å²) in [4.78, 5) is 19.7. The molecule has 8 nitrogen and oxygen atoms in total. The lowest BCUT2D eigenvalue weighted by molar-refractivity contribution is 0.782. The van der Waals surface area contributed by atoms with E-state index in [1.807, 2.05) is 11.5 Å². The minimum atomic E-state index is 0.139. The predicted octanol–water partition coefficient (Wildman–Crippen LogP) is 0.401. The van der Waals surface area contributed by atoms with Gasteiger partial charge in [-0.3, -0.25) is 0 Å². The van der Waals surface area contributed by atoms with Gasteiger partial charge in [-0.1, -0.05) is 0 Å². The average molecular weight is 244 g/mol. The highest BCUT2D eigenvalue weighted by molar-refractivity contribution is 5.85. The topological polar surface area (TPSA) is 124 Å². The molecule has 0 saturated carbocycles. The van der Waals surface area contributed by atoms with E-state index >= 15 is 0 Å². The van der Waals surface area contributed by atoms with Crippen LogP contribution in [0.4, 0.5) is 11.8 Å². The van der Waals surface area contributed by atoms with Gasteiger partial charge in [0.05, 0.1) is 0 Å². The van der Waals surface area contributed by atoms with Crippen molar-refractivity contribution < 1.29 is 0 Å². The zero-order chi connectivity index (χ0) is 12.7. The molecule has 18 heavy (non-hydrogen) atoms. The maximum absolute atomic E-state index is 5.81. The fraction of sp³-hybridized carbons (Fsp3) is 0.200. The third kappa shape index (κ3) is 1.39. The molecule has 8 heteroatoms. The van der Waals surface area contributed by atoms with Crippen LogP contribution in [0.25, 0.3) is 22.8 Å². The largest absolute Gasteiger partial charge is 0.382 e. The van der Waals surface area contributed by atoms with Gasteiger partial charge in [0.2, 0.25) is 5.95 Å². The summed E-state index contributed by atoms with van der Waals surface area (Å²) in [5.74, 6) is 1.75. The number of nitrogens with one attached hydrogen (secondary N) is 1. The van der Waals surface area contributed by atoms with E-state index in [0.717, 1.165) is 0 Å². The van der Waals surface area contributed by atoms with E-state index in [0.29, 0.717) is 29.4 Å². The molecule has 0 aromatic carbocycles. The summed E-state index contributed by atoms with van der Waals surface area (Å²) in [5, 5.41) is 0. The number of imidazole rings is 2. The van der Waals surface area contributed by atoms with Gasteiger partial charge in [0.25, 0.3) is 0 Å². The summed E-state index contributed by atoms with van der Waals surface area (Å²) in [5.41, 5.74) is 12.6. The lowest BCUT2D eigenvalue weighted by Crippen LogP contribution is -2.03. The molecule has 0 aliphatic rings. The molecule has 92 valence electrons. The summed E-state index contributed by atoms with van der Waals surface area (Å²) < 4.78 is 1.89. The average Bonchev–Trinajstić information content (AvgIpc) is 2.93. The standard InChI is InChI=1S/C10H12N8/c1-2-18-8-5(6(11)16-10(12)17-8)15-9(18)7-13-3-4-14-7/h3-4H,2H2,1H3,(H,13,14)(H4,11,12,16,17). The molecule has 0 radical (unpaired) electrons. The third-order valence-electron chi connectivity index (χ3n) is 2.67. The quantitative estimate of drug-likeness (QED) is 0.599. The van der Waals surface area contributed by atoms with E-state index in [9.17, 15) is 0 Å². The monoisotopic (exact) mass is 244 g/mol. The minimum Gasteiger partial charge on any atom is -0.382 e. The van der Waals surface area contributed by atoms with Gasteiger partial charge in [-0.05, 0) is 6.92 Å². The Morgan fingerprint density at radius 3 is 2.78 bits per heavy atom. The molecular formula is C10H12N8. The van der Waals surface area contributed by atoms with E-state index in [2.05, 4.69) is 24.9 Å². The first kappa shape index (κ1) is 10.5. The second-order valence-corrected chi connectivity index (χ2v) is 3.76. The van der Waals surface area contributed by atoms with Crippen LogP contribution in [0.2, 0.25) is 0 Å². The van der Waals surface area contributed by atoms with Crippen molar-refractivity contribution in [1.82, 2.24) is 29.5 Å². The summed E-state index contributed by atoms with van der Waals surface area (Å²) in [6, 6.07) is 0. The van der Waals surface area contributed by atoms with Crippen molar-refractivity contribution >= 4 is 22.9 Å². The van der Waals surface area contributed by atoms with Crippen LogP contribution < -0.4 is 11.5 Å². The first-order valence-corrected chi connectivity index (χ1v) is 5.49. The predicted molar refractivity (Wildman–Crippen MR) is 67.4 cm³/mol. The zero-order valence-electron chi connectivity index (χ0n) is 9.75. The normalized spacial score (nSPS) is 11.2. The molecular weight excluding hydrogens is 232 g/mol. The number of rotatable bonds is 2. The molecule has 3 aromatic rings. The van der Waals surface area contributed by atoms with Crippen molar-refractivity contribution in [3.8, 4) is 11.6 Å². The molecule has 0 amide bonds. The van der Waals surface area contributed by atoms with E-state index in [-0.39, 0.29) is 11.8 Å². The SMILES string of the molecule is CCn1c(-c2ncc[nH]2)nc2c(N)nc(N)nc21. The number of aromatic amines is 1. The van der Waals surface area contributed by atoms with E-state index in [1.54, 1.807) is 12.4 Å². The summed E-state index contributed by atoms with van der Waals surface area (Å²) in [7, 11) is 0. The van der Waals surface area contributed by atoms with Crippen LogP contribution in [-0.4, -0.2) is 29.5 Å². The zero-order valence-corrected chi connectivity index (χ0v) is 9.75. The van der Waals surface area contributed by atoms with Gasteiger partial charge in [0, 0.05) is 18.9 Å². The van der Waals surface area contributed by atoms with E-state index in [4.69, 9.17) is 11.5 Å². The molecule has 5 N–H and O–H groups in total. The van der Waals surface area contributed by atoms with Gasteiger partial charge in [0.15, 0.2) is 28.6 Å². The Morgan fingerprint density at radius 1 is 1.28 bits per heavy atom. The Balaban J connectivity index is 2.37. The lowest BCUT2D eigenvalue weighted by Gasteiger charge is -2.03. The van der Waals surface area contributed by atoms with Gasteiger partial charge in [-0.25, -0.2) is 9.97 Å². The second-order valence-electron chi connectivity index (χ2n) is 3.76. The van der Waals surface area contributed by atoms with Crippen LogP contribution in [0.3, 0.4) is 0 Å². The lowest BCUT2D eigenvalue weighted by atomic mass is 10.5. The molecule has 0 bridgehead atoms. The van der Waals surface area contributed by atoms with Gasteiger partial charge in [-0.15, -0.1) is 0 Å². The highest BCUT2D eigenvalue weighted by Gasteiger charge is 2.17. The minimum absolute atomic E-state index is 0.139. The van der Waals surface area contributed by atoms with Crippen LogP contribution in [0, 0.1) is 0 Å². The molecule has 3 heterocycles. The van der Waals surface area contributed by atoms with Crippen molar-refractivity contribution in [2.45, 2.75) is 13.5 Å². The number of H-pyrrole nitrogens is 1. The van der Waals surface area contributed by atoms with Crippen LogP contribution in [0.5, 0.6) is 0 Å². The van der Waals surface area contributed by atoms with Gasteiger partial charge < -0.3 is 21.0 Å². The smallest absolute Gasteiger partial charge is 0.224 e. The molecule has 3 rings (SSSR count). The number of nitrogens with zero attached hydrogens (tertiary/aromatic N) is 5. The fourth-order valence-electron chi connectivity index (χ4n) is 1.91. The first-order valence-electron chi connectivity index (χ1n) is 5.49. The van der Waals surface area contributed by atoms with Crippen molar-refractivity contribution in [1.29, 1.82) is 0 Å². The Labute approximate surface area is 102 Å². The molecule has 0 fully saturated rings. The number of nitrogen functional groups attached to an aromatic ring is 2. The molecule has 0 aliphatic carbocycles. The van der Waals surface area contributed by atoms with Crippen molar-refractivity contribution in [3.05, 3.63) is 12.4 Å². The third-order valence-corrected chi connectivity index (χ3v) is 2.67. The fourth-order valence-corrected chi connectivity index (χ4v) is 1.91. The van der Waals surface area contributed by atoms with Gasteiger partial charge in [0.1, 0.15) is 0 Å². The number of anilines is 2. The van der Waals surface area contributed by atoms with Crippen LogP contribution in [-0.2, 0) is 6.54 Å². The van der Waals surface area contributed by atoms with E-state index < -0.39 is 0 Å². The van der Waals surface area contributed by atoms with Gasteiger partial charge in [-0.2, -0.15) is 9.97 Å². The van der Waals surface area contributed by atoms with Crippen LogP contribution >= 0.6 is 0 Å².